The fourth-order valence-electron chi connectivity index (χ4n) is 8.56. The van der Waals surface area contributed by atoms with Gasteiger partial charge in [0, 0.05) is 65.9 Å². The van der Waals surface area contributed by atoms with E-state index in [2.05, 4.69) is 158 Å². The van der Waals surface area contributed by atoms with E-state index in [1.54, 1.807) is 0 Å². The van der Waals surface area contributed by atoms with E-state index in [9.17, 15) is 0 Å². The van der Waals surface area contributed by atoms with Crippen LogP contribution in [0.15, 0.2) is 158 Å². The molecule has 0 amide bonds. The lowest BCUT2D eigenvalue weighted by Crippen LogP contribution is -1.90. The van der Waals surface area contributed by atoms with Gasteiger partial charge >= 0.3 is 0 Å². The van der Waals surface area contributed by atoms with Gasteiger partial charge in [0.25, 0.3) is 0 Å². The molecule has 12 aromatic rings. The van der Waals surface area contributed by atoms with E-state index in [1.807, 2.05) is 34.0 Å². The van der Waals surface area contributed by atoms with Gasteiger partial charge in [0.2, 0.25) is 0 Å². The molecule has 0 saturated carbocycles. The van der Waals surface area contributed by atoms with Crippen molar-refractivity contribution in [3.8, 4) is 22.3 Å². The predicted octanol–water partition coefficient (Wildman–Crippen LogP) is 15.6. The second kappa shape index (κ2) is 10.5. The highest BCUT2D eigenvalue weighted by Crippen LogP contribution is 2.48. The summed E-state index contributed by atoms with van der Waals surface area (Å²) >= 11 is 5.70. The molecule has 9 aromatic carbocycles. The van der Waals surface area contributed by atoms with E-state index >= 15 is 0 Å². The van der Waals surface area contributed by atoms with Gasteiger partial charge in [-0.2, -0.15) is 0 Å². The molecule has 0 unspecified atom stereocenters. The van der Waals surface area contributed by atoms with E-state index in [-0.39, 0.29) is 0 Å². The molecule has 0 fully saturated rings. The molecular formula is C48H26S3. The number of thiophene rings is 3. The van der Waals surface area contributed by atoms with Crippen LogP contribution in [-0.4, -0.2) is 0 Å². The van der Waals surface area contributed by atoms with E-state index < -0.39 is 0 Å². The second-order valence-electron chi connectivity index (χ2n) is 13.6. The van der Waals surface area contributed by atoms with Crippen molar-refractivity contribution >= 4 is 127 Å². The number of hydrogen-bond acceptors (Lipinski definition) is 3. The minimum absolute atomic E-state index is 1.26. The van der Waals surface area contributed by atoms with Crippen LogP contribution in [0.2, 0.25) is 0 Å². The minimum atomic E-state index is 1.26. The molecule has 0 aliphatic carbocycles. The average molecular weight is 699 g/mol. The van der Waals surface area contributed by atoms with Gasteiger partial charge in [0.15, 0.2) is 0 Å². The van der Waals surface area contributed by atoms with E-state index in [4.69, 9.17) is 0 Å². The molecule has 12 rings (SSSR count). The van der Waals surface area contributed by atoms with Crippen LogP contribution >= 0.6 is 34.0 Å². The maximum atomic E-state index is 2.45. The summed E-state index contributed by atoms with van der Waals surface area (Å²) in [6, 6.07) is 59.4. The highest BCUT2D eigenvalue weighted by molar-refractivity contribution is 7.27. The van der Waals surface area contributed by atoms with Gasteiger partial charge in [0.05, 0.1) is 0 Å². The maximum Gasteiger partial charge on any atom is 0.0434 e. The number of fused-ring (bicyclic) bond motifs is 13. The lowest BCUT2D eigenvalue weighted by atomic mass is 9.85. The standard InChI is InChI=1S/C48H26S3/c1-3-13-34-32(11-1)46(28-18-21-43-38(23-28)30-9-5-7-15-41(30)49-43)33-12-2-4-14-35(33)47(34)29-19-22-44-39(24-29)36-20-17-27-25-45-40(26-37(27)48(36)51-44)31-10-6-8-16-42(31)50-45/h1-26H. The molecule has 0 bridgehead atoms. The lowest BCUT2D eigenvalue weighted by Gasteiger charge is -2.18. The van der Waals surface area contributed by atoms with Crippen LogP contribution in [0.3, 0.4) is 0 Å². The Kier molecular flexibility index (Phi) is 5.78. The molecule has 0 saturated heterocycles. The summed E-state index contributed by atoms with van der Waals surface area (Å²) in [5.74, 6) is 0. The van der Waals surface area contributed by atoms with Gasteiger partial charge in [-0.05, 0) is 97.7 Å². The summed E-state index contributed by atoms with van der Waals surface area (Å²) in [6.45, 7) is 0. The summed E-state index contributed by atoms with van der Waals surface area (Å²) in [7, 11) is 0. The Balaban J connectivity index is 1.11. The summed E-state index contributed by atoms with van der Waals surface area (Å²) in [6.07, 6.45) is 0. The lowest BCUT2D eigenvalue weighted by molar-refractivity contribution is 1.70. The Morgan fingerprint density at radius 1 is 0.255 bits per heavy atom. The zero-order valence-electron chi connectivity index (χ0n) is 27.2. The van der Waals surface area contributed by atoms with Crippen LogP contribution in [0.1, 0.15) is 0 Å². The Bertz CT molecular complexity index is 3370. The summed E-state index contributed by atoms with van der Waals surface area (Å²) in [5.41, 5.74) is 5.15. The van der Waals surface area contributed by atoms with E-state index in [0.29, 0.717) is 0 Å². The van der Waals surface area contributed by atoms with Gasteiger partial charge < -0.3 is 0 Å². The zero-order chi connectivity index (χ0) is 33.2. The maximum absolute atomic E-state index is 2.45. The largest absolute Gasteiger partial charge is 0.135 e. The fourth-order valence-corrected chi connectivity index (χ4v) is 12.0. The normalized spacial score (nSPS) is 12.3. The Hall–Kier alpha value is -5.58. The predicted molar refractivity (Wildman–Crippen MR) is 228 cm³/mol. The van der Waals surface area contributed by atoms with Gasteiger partial charge in [-0.25, -0.2) is 0 Å². The van der Waals surface area contributed by atoms with Crippen LogP contribution < -0.4 is 0 Å². The molecule has 236 valence electrons. The molecule has 3 aromatic heterocycles. The van der Waals surface area contributed by atoms with Crippen LogP contribution in [0.5, 0.6) is 0 Å². The second-order valence-corrected chi connectivity index (χ2v) is 16.8. The van der Waals surface area contributed by atoms with Crippen molar-refractivity contribution in [2.45, 2.75) is 0 Å². The van der Waals surface area contributed by atoms with E-state index in [0.717, 1.165) is 0 Å². The van der Waals surface area contributed by atoms with Crippen molar-refractivity contribution in [3.05, 3.63) is 158 Å². The number of benzene rings is 9. The van der Waals surface area contributed by atoms with Crippen molar-refractivity contribution in [2.24, 2.45) is 0 Å². The third kappa shape index (κ3) is 4.00. The SMILES string of the molecule is c1ccc2c(c1)sc1ccc(-c3c4ccccc4c(-c4ccc5sc6c7cc8c(cc7ccc6c5c4)sc4ccccc48)c4ccccc34)cc12. The molecule has 0 N–H and O–H groups in total. The van der Waals surface area contributed by atoms with Gasteiger partial charge in [0.1, 0.15) is 0 Å². The van der Waals surface area contributed by atoms with Gasteiger partial charge in [-0.1, -0.05) is 109 Å². The quantitative estimate of drug-likeness (QED) is 0.158. The molecular weight excluding hydrogens is 673 g/mol. The first-order valence-corrected chi connectivity index (χ1v) is 19.8. The third-order valence-corrected chi connectivity index (χ3v) is 14.3. The van der Waals surface area contributed by atoms with Crippen LogP contribution in [0.25, 0.3) is 115 Å². The smallest absolute Gasteiger partial charge is 0.0434 e. The van der Waals surface area contributed by atoms with Crippen LogP contribution in [-0.2, 0) is 0 Å². The van der Waals surface area contributed by atoms with Gasteiger partial charge in [-0.15, -0.1) is 34.0 Å². The van der Waals surface area contributed by atoms with Crippen molar-refractivity contribution in [1.82, 2.24) is 0 Å². The topological polar surface area (TPSA) is 0 Å². The molecule has 3 heterocycles. The Morgan fingerprint density at radius 3 is 1.29 bits per heavy atom. The first-order chi connectivity index (χ1) is 25.3. The first kappa shape index (κ1) is 28.2. The van der Waals surface area contributed by atoms with Crippen molar-refractivity contribution in [3.63, 3.8) is 0 Å². The summed E-state index contributed by atoms with van der Waals surface area (Å²) < 4.78 is 8.09. The first-order valence-electron chi connectivity index (χ1n) is 17.3. The fraction of sp³-hybridized carbons (Fsp3) is 0. The minimum Gasteiger partial charge on any atom is -0.135 e. The highest BCUT2D eigenvalue weighted by Gasteiger charge is 2.19. The van der Waals surface area contributed by atoms with Crippen LogP contribution in [0, 0.1) is 0 Å². The molecule has 51 heavy (non-hydrogen) atoms. The highest BCUT2D eigenvalue weighted by atomic mass is 32.1. The third-order valence-electron chi connectivity index (χ3n) is 10.8. The number of rotatable bonds is 2. The monoisotopic (exact) mass is 698 g/mol. The van der Waals surface area contributed by atoms with Crippen molar-refractivity contribution in [1.29, 1.82) is 0 Å². The molecule has 3 heteroatoms. The van der Waals surface area contributed by atoms with Gasteiger partial charge in [-0.3, -0.25) is 0 Å². The molecule has 0 radical (unpaired) electrons. The number of hydrogen-bond donors (Lipinski definition) is 0. The zero-order valence-corrected chi connectivity index (χ0v) is 29.7. The summed E-state index contributed by atoms with van der Waals surface area (Å²) in [5, 5.41) is 15.9. The average Bonchev–Trinajstić information content (AvgIpc) is 3.86. The van der Waals surface area contributed by atoms with Crippen molar-refractivity contribution < 1.29 is 0 Å². The summed E-state index contributed by atoms with van der Waals surface area (Å²) in [4.78, 5) is 0. The Morgan fingerprint density at radius 2 is 0.706 bits per heavy atom. The molecule has 0 atom stereocenters. The van der Waals surface area contributed by atoms with Crippen LogP contribution in [0.4, 0.5) is 0 Å². The molecule has 0 aliphatic heterocycles. The molecule has 0 spiro atoms. The molecule has 0 aliphatic rings. The van der Waals surface area contributed by atoms with Crippen molar-refractivity contribution in [2.75, 3.05) is 0 Å². The molecule has 0 nitrogen and oxygen atoms in total. The Labute approximate surface area is 305 Å². The van der Waals surface area contributed by atoms with E-state index in [1.165, 1.54) is 115 Å².